The lowest BCUT2D eigenvalue weighted by atomic mass is 10.0. The summed E-state index contributed by atoms with van der Waals surface area (Å²) in [5, 5.41) is 9.43. The number of rotatable bonds is 4. The molecule has 1 aromatic heterocycles. The highest BCUT2D eigenvalue weighted by molar-refractivity contribution is 5.96. The number of nitrogens with zero attached hydrogens (tertiary/aromatic N) is 2. The second-order valence-corrected chi connectivity index (χ2v) is 5.62. The average Bonchev–Trinajstić information content (AvgIpc) is 2.22. The summed E-state index contributed by atoms with van der Waals surface area (Å²) in [5.74, 6) is -0.946. The van der Waals surface area contributed by atoms with E-state index in [9.17, 15) is 9.90 Å². The molecule has 1 N–H and O–H groups in total. The fraction of sp³-hybridized carbons (Fsp3) is 0.467. The standard InChI is InChI=1S/C15H22N2O2/c1-7-8-17(15(4,5)6)12-9-10(2)16-11(3)13(12)14(18)19/h7,9H,1,8H2,2-6H3,(H,18,19). The second-order valence-electron chi connectivity index (χ2n) is 5.62. The van der Waals surface area contributed by atoms with Gasteiger partial charge >= 0.3 is 5.97 Å². The van der Waals surface area contributed by atoms with E-state index in [2.05, 4.69) is 11.6 Å². The molecule has 0 aliphatic rings. The average molecular weight is 262 g/mol. The van der Waals surface area contributed by atoms with Crippen LogP contribution in [0.2, 0.25) is 0 Å². The number of anilines is 1. The Bertz CT molecular complexity index is 502. The van der Waals surface area contributed by atoms with E-state index in [1.807, 2.05) is 38.7 Å². The summed E-state index contributed by atoms with van der Waals surface area (Å²) in [4.78, 5) is 17.8. The highest BCUT2D eigenvalue weighted by Crippen LogP contribution is 2.29. The van der Waals surface area contributed by atoms with Gasteiger partial charge in [-0.1, -0.05) is 6.08 Å². The van der Waals surface area contributed by atoms with E-state index >= 15 is 0 Å². The smallest absolute Gasteiger partial charge is 0.339 e. The molecule has 4 heteroatoms. The Labute approximate surface area is 114 Å². The predicted molar refractivity (Wildman–Crippen MR) is 78.0 cm³/mol. The lowest BCUT2D eigenvalue weighted by Crippen LogP contribution is -2.42. The molecule has 1 rings (SSSR count). The molecule has 0 atom stereocenters. The van der Waals surface area contributed by atoms with Gasteiger partial charge in [-0.05, 0) is 40.7 Å². The van der Waals surface area contributed by atoms with Crippen LogP contribution in [0.1, 0.15) is 42.5 Å². The number of aromatic carboxylic acids is 1. The lowest BCUT2D eigenvalue weighted by Gasteiger charge is -2.38. The number of pyridine rings is 1. The zero-order valence-electron chi connectivity index (χ0n) is 12.3. The van der Waals surface area contributed by atoms with Crippen LogP contribution in [-0.2, 0) is 0 Å². The molecule has 0 aliphatic carbocycles. The van der Waals surface area contributed by atoms with Gasteiger partial charge in [0.05, 0.1) is 11.4 Å². The summed E-state index contributed by atoms with van der Waals surface area (Å²) < 4.78 is 0. The van der Waals surface area contributed by atoms with Crippen molar-refractivity contribution in [3.8, 4) is 0 Å². The van der Waals surface area contributed by atoms with Crippen molar-refractivity contribution >= 4 is 11.7 Å². The molecule has 0 fully saturated rings. The van der Waals surface area contributed by atoms with E-state index in [0.717, 1.165) is 5.69 Å². The maximum atomic E-state index is 11.5. The van der Waals surface area contributed by atoms with Gasteiger partial charge in [0.2, 0.25) is 0 Å². The van der Waals surface area contributed by atoms with E-state index < -0.39 is 5.97 Å². The third-order valence-electron chi connectivity index (χ3n) is 2.93. The minimum absolute atomic E-state index is 0.196. The van der Waals surface area contributed by atoms with E-state index in [1.54, 1.807) is 13.0 Å². The zero-order valence-corrected chi connectivity index (χ0v) is 12.3. The summed E-state index contributed by atoms with van der Waals surface area (Å²) >= 11 is 0. The largest absolute Gasteiger partial charge is 0.478 e. The molecule has 4 nitrogen and oxygen atoms in total. The fourth-order valence-electron chi connectivity index (χ4n) is 2.15. The number of hydrogen-bond donors (Lipinski definition) is 1. The molecule has 0 radical (unpaired) electrons. The van der Waals surface area contributed by atoms with Crippen molar-refractivity contribution in [2.45, 2.75) is 40.2 Å². The van der Waals surface area contributed by atoms with E-state index in [0.29, 0.717) is 17.9 Å². The molecule has 0 unspecified atom stereocenters. The molecule has 0 aliphatic heterocycles. The van der Waals surface area contributed by atoms with Crippen LogP contribution in [-0.4, -0.2) is 28.1 Å². The van der Waals surface area contributed by atoms with Gasteiger partial charge in [-0.25, -0.2) is 4.79 Å². The number of hydrogen-bond acceptors (Lipinski definition) is 3. The van der Waals surface area contributed by atoms with Crippen molar-refractivity contribution < 1.29 is 9.90 Å². The first-order valence-electron chi connectivity index (χ1n) is 6.28. The summed E-state index contributed by atoms with van der Waals surface area (Å²) in [5.41, 5.74) is 2.13. The first-order valence-corrected chi connectivity index (χ1v) is 6.28. The maximum absolute atomic E-state index is 11.5. The van der Waals surface area contributed by atoms with Gasteiger partial charge in [0.25, 0.3) is 0 Å². The fourth-order valence-corrected chi connectivity index (χ4v) is 2.15. The van der Waals surface area contributed by atoms with Crippen LogP contribution in [0, 0.1) is 13.8 Å². The molecule has 1 aromatic rings. The third kappa shape index (κ3) is 3.34. The molecule has 0 aromatic carbocycles. The highest BCUT2D eigenvalue weighted by atomic mass is 16.4. The Morgan fingerprint density at radius 3 is 2.47 bits per heavy atom. The van der Waals surface area contributed by atoms with Crippen molar-refractivity contribution in [1.29, 1.82) is 0 Å². The van der Waals surface area contributed by atoms with Gasteiger partial charge in [0.15, 0.2) is 0 Å². The third-order valence-corrected chi connectivity index (χ3v) is 2.93. The van der Waals surface area contributed by atoms with E-state index in [-0.39, 0.29) is 11.1 Å². The second kappa shape index (κ2) is 5.43. The van der Waals surface area contributed by atoms with Crippen molar-refractivity contribution in [2.75, 3.05) is 11.4 Å². The molecular formula is C15H22N2O2. The number of carboxylic acids is 1. The molecule has 0 spiro atoms. The van der Waals surface area contributed by atoms with E-state index in [4.69, 9.17) is 0 Å². The zero-order chi connectivity index (χ0) is 14.8. The Kier molecular flexibility index (Phi) is 4.35. The molecular weight excluding hydrogens is 240 g/mol. The minimum Gasteiger partial charge on any atom is -0.478 e. The van der Waals surface area contributed by atoms with Crippen molar-refractivity contribution in [3.63, 3.8) is 0 Å². The van der Waals surface area contributed by atoms with Crippen LogP contribution in [0.5, 0.6) is 0 Å². The summed E-state index contributed by atoms with van der Waals surface area (Å²) in [6.07, 6.45) is 1.78. The quantitative estimate of drug-likeness (QED) is 0.847. The summed E-state index contributed by atoms with van der Waals surface area (Å²) in [6.45, 7) is 14.1. The molecule has 0 bridgehead atoms. The maximum Gasteiger partial charge on any atom is 0.339 e. The van der Waals surface area contributed by atoms with Crippen LogP contribution in [0.3, 0.4) is 0 Å². The predicted octanol–water partition coefficient (Wildman–Crippen LogP) is 3.19. The van der Waals surface area contributed by atoms with Gasteiger partial charge < -0.3 is 10.0 Å². The molecule has 104 valence electrons. The van der Waals surface area contributed by atoms with Crippen LogP contribution in [0.15, 0.2) is 18.7 Å². The Hall–Kier alpha value is -1.84. The van der Waals surface area contributed by atoms with Crippen molar-refractivity contribution in [1.82, 2.24) is 4.98 Å². The molecule has 0 amide bonds. The molecule has 0 saturated heterocycles. The van der Waals surface area contributed by atoms with Gasteiger partial charge in [-0.3, -0.25) is 4.98 Å². The van der Waals surface area contributed by atoms with Crippen LogP contribution in [0.4, 0.5) is 5.69 Å². The Balaban J connectivity index is 3.53. The normalized spacial score (nSPS) is 11.2. The van der Waals surface area contributed by atoms with Gasteiger partial charge in [-0.15, -0.1) is 6.58 Å². The summed E-state index contributed by atoms with van der Waals surface area (Å²) in [6, 6.07) is 1.82. The Morgan fingerprint density at radius 1 is 1.47 bits per heavy atom. The highest BCUT2D eigenvalue weighted by Gasteiger charge is 2.26. The lowest BCUT2D eigenvalue weighted by molar-refractivity contribution is 0.0696. The van der Waals surface area contributed by atoms with Gasteiger partial charge in [0, 0.05) is 17.8 Å². The minimum atomic E-state index is -0.946. The van der Waals surface area contributed by atoms with Crippen molar-refractivity contribution in [2.24, 2.45) is 0 Å². The van der Waals surface area contributed by atoms with Crippen LogP contribution >= 0.6 is 0 Å². The molecule has 19 heavy (non-hydrogen) atoms. The van der Waals surface area contributed by atoms with Crippen LogP contribution < -0.4 is 4.90 Å². The topological polar surface area (TPSA) is 53.4 Å². The summed E-state index contributed by atoms with van der Waals surface area (Å²) in [7, 11) is 0. The van der Waals surface area contributed by atoms with Crippen molar-refractivity contribution in [3.05, 3.63) is 35.7 Å². The molecule has 1 heterocycles. The van der Waals surface area contributed by atoms with Crippen LogP contribution in [0.25, 0.3) is 0 Å². The van der Waals surface area contributed by atoms with Gasteiger partial charge in [-0.2, -0.15) is 0 Å². The SMILES string of the molecule is C=CCN(c1cc(C)nc(C)c1C(=O)O)C(C)(C)C. The monoisotopic (exact) mass is 262 g/mol. The first-order chi connectivity index (χ1) is 8.68. The number of aromatic nitrogens is 1. The van der Waals surface area contributed by atoms with E-state index in [1.165, 1.54) is 0 Å². The number of carboxylic acid groups (broad SMARTS) is 1. The number of aryl methyl sites for hydroxylation is 2. The number of carbonyl (C=O) groups is 1. The van der Waals surface area contributed by atoms with Gasteiger partial charge in [0.1, 0.15) is 5.56 Å². The Morgan fingerprint density at radius 2 is 2.05 bits per heavy atom. The molecule has 0 saturated carbocycles. The first kappa shape index (κ1) is 15.2.